The topological polar surface area (TPSA) is 49.9 Å². The highest BCUT2D eigenvalue weighted by molar-refractivity contribution is 5.11. The van der Waals surface area contributed by atoms with E-state index >= 15 is 0 Å². The minimum absolute atomic E-state index is 0.255. The fourth-order valence-corrected chi connectivity index (χ4v) is 3.54. The largest absolute Gasteiger partial charge is 0.377 e. The van der Waals surface area contributed by atoms with Gasteiger partial charge in [-0.1, -0.05) is 13.8 Å². The summed E-state index contributed by atoms with van der Waals surface area (Å²) in [5.41, 5.74) is 1.41. The van der Waals surface area contributed by atoms with Gasteiger partial charge in [0.05, 0.1) is 12.4 Å². The van der Waals surface area contributed by atoms with Gasteiger partial charge in [0.15, 0.2) is 0 Å². The van der Waals surface area contributed by atoms with Crippen molar-refractivity contribution in [3.8, 4) is 0 Å². The molecule has 3 rings (SSSR count). The van der Waals surface area contributed by atoms with Crippen molar-refractivity contribution in [3.05, 3.63) is 18.2 Å². The lowest BCUT2D eigenvalue weighted by Crippen LogP contribution is -2.69. The molecule has 2 fully saturated rings. The van der Waals surface area contributed by atoms with Gasteiger partial charge in [0.1, 0.15) is 0 Å². The number of aromatic nitrogens is 2. The fourth-order valence-electron chi connectivity index (χ4n) is 3.54. The molecule has 1 saturated carbocycles. The number of aromatic amines is 1. The summed E-state index contributed by atoms with van der Waals surface area (Å²) in [5.74, 6) is 0.696. The number of nitrogens with one attached hydrogen (secondary N) is 2. The van der Waals surface area contributed by atoms with Gasteiger partial charge in [-0.3, -0.25) is 0 Å². The zero-order chi connectivity index (χ0) is 11.9. The van der Waals surface area contributed by atoms with E-state index in [1.165, 1.54) is 12.8 Å². The maximum Gasteiger partial charge on any atom is 0.0922 e. The van der Waals surface area contributed by atoms with Crippen LogP contribution < -0.4 is 5.32 Å². The second-order valence-electron chi connectivity index (χ2n) is 5.85. The number of nitrogens with zero attached hydrogens (tertiary/aromatic N) is 1. The number of fused-ring (bicyclic) bond motifs is 1. The lowest BCUT2D eigenvalue weighted by atomic mass is 9.55. The average molecular weight is 235 g/mol. The van der Waals surface area contributed by atoms with Crippen molar-refractivity contribution in [1.82, 2.24) is 15.3 Å². The Morgan fingerprint density at radius 2 is 2.47 bits per heavy atom. The summed E-state index contributed by atoms with van der Waals surface area (Å²) in [6, 6.07) is 0.566. The van der Waals surface area contributed by atoms with Gasteiger partial charge >= 0.3 is 0 Å². The zero-order valence-corrected chi connectivity index (χ0v) is 10.6. The Balaban J connectivity index is 1.62. The normalized spacial score (nSPS) is 35.1. The molecule has 4 nitrogen and oxygen atoms in total. The molecule has 4 heteroatoms. The van der Waals surface area contributed by atoms with E-state index in [4.69, 9.17) is 4.74 Å². The Bertz CT molecular complexity index is 374. The Hall–Kier alpha value is -0.870. The molecule has 0 bridgehead atoms. The molecule has 94 valence electrons. The minimum Gasteiger partial charge on any atom is -0.377 e. The van der Waals surface area contributed by atoms with Gasteiger partial charge in [-0.15, -0.1) is 0 Å². The molecule has 1 aromatic rings. The highest BCUT2D eigenvalue weighted by atomic mass is 16.5. The molecule has 1 aromatic heterocycles. The van der Waals surface area contributed by atoms with Crippen LogP contribution in [0.15, 0.2) is 12.5 Å². The molecule has 2 N–H and O–H groups in total. The summed E-state index contributed by atoms with van der Waals surface area (Å²) in [4.78, 5) is 7.18. The number of hydrogen-bond acceptors (Lipinski definition) is 3. The predicted molar refractivity (Wildman–Crippen MR) is 65.5 cm³/mol. The monoisotopic (exact) mass is 235 g/mol. The summed E-state index contributed by atoms with van der Waals surface area (Å²) >= 11 is 0. The summed E-state index contributed by atoms with van der Waals surface area (Å²) in [5, 5.41) is 3.66. The molecule has 0 amide bonds. The van der Waals surface area contributed by atoms with E-state index in [0.717, 1.165) is 18.8 Å². The van der Waals surface area contributed by atoms with Crippen LogP contribution in [-0.2, 0) is 11.3 Å². The molecular weight excluding hydrogens is 214 g/mol. The molecule has 2 aliphatic rings. The summed E-state index contributed by atoms with van der Waals surface area (Å²) in [6.45, 7) is 6.43. The van der Waals surface area contributed by atoms with Crippen molar-refractivity contribution in [3.63, 3.8) is 0 Å². The van der Waals surface area contributed by atoms with Crippen molar-refractivity contribution in [2.24, 2.45) is 11.3 Å². The molecule has 1 aliphatic heterocycles. The molecule has 3 unspecified atom stereocenters. The zero-order valence-electron chi connectivity index (χ0n) is 10.6. The van der Waals surface area contributed by atoms with Crippen molar-refractivity contribution < 1.29 is 4.74 Å². The summed E-state index contributed by atoms with van der Waals surface area (Å²) < 4.78 is 5.90. The van der Waals surface area contributed by atoms with Crippen LogP contribution in [0.2, 0.25) is 0 Å². The molecule has 3 atom stereocenters. The van der Waals surface area contributed by atoms with Gasteiger partial charge in [-0.2, -0.15) is 0 Å². The number of hydrogen-bond donors (Lipinski definition) is 2. The van der Waals surface area contributed by atoms with Crippen LogP contribution >= 0.6 is 0 Å². The molecule has 0 radical (unpaired) electrons. The first-order valence-corrected chi connectivity index (χ1v) is 6.52. The van der Waals surface area contributed by atoms with Crippen molar-refractivity contribution in [1.29, 1.82) is 0 Å². The van der Waals surface area contributed by atoms with Crippen molar-refractivity contribution in [2.45, 2.75) is 45.4 Å². The SMILES string of the molecule is CC1(C)C(NCc2cnc[nH]2)C2CCCOC21. The van der Waals surface area contributed by atoms with Crippen LogP contribution in [-0.4, -0.2) is 28.7 Å². The standard InChI is InChI=1S/C13H21N3O/c1-13(2)11(10-4-3-5-17-12(10)13)15-7-9-6-14-8-16-9/h6,8,10-12,15H,3-5,7H2,1-2H3,(H,14,16). The molecule has 0 aromatic carbocycles. The Morgan fingerprint density at radius 3 is 3.24 bits per heavy atom. The number of ether oxygens (including phenoxy) is 1. The van der Waals surface area contributed by atoms with Crippen LogP contribution in [0, 0.1) is 11.3 Å². The third kappa shape index (κ3) is 1.79. The Labute approximate surface area is 102 Å². The van der Waals surface area contributed by atoms with Gasteiger partial charge in [0.25, 0.3) is 0 Å². The lowest BCUT2D eigenvalue weighted by Gasteiger charge is -2.60. The van der Waals surface area contributed by atoms with E-state index in [0.29, 0.717) is 18.1 Å². The Morgan fingerprint density at radius 1 is 1.59 bits per heavy atom. The molecule has 2 heterocycles. The molecule has 1 aliphatic carbocycles. The van der Waals surface area contributed by atoms with Crippen LogP contribution in [0.1, 0.15) is 32.4 Å². The van der Waals surface area contributed by atoms with E-state index < -0.39 is 0 Å². The second kappa shape index (κ2) is 4.10. The van der Waals surface area contributed by atoms with Gasteiger partial charge in [0, 0.05) is 42.4 Å². The second-order valence-corrected chi connectivity index (χ2v) is 5.85. The van der Waals surface area contributed by atoms with E-state index in [9.17, 15) is 0 Å². The third-order valence-corrected chi connectivity index (χ3v) is 4.40. The highest BCUT2D eigenvalue weighted by Crippen LogP contribution is 2.51. The van der Waals surface area contributed by atoms with Gasteiger partial charge in [0.2, 0.25) is 0 Å². The minimum atomic E-state index is 0.255. The highest BCUT2D eigenvalue weighted by Gasteiger charge is 2.57. The first kappa shape index (κ1) is 11.2. The lowest BCUT2D eigenvalue weighted by molar-refractivity contribution is -0.193. The quantitative estimate of drug-likeness (QED) is 0.838. The van der Waals surface area contributed by atoms with Gasteiger partial charge in [-0.05, 0) is 12.8 Å². The van der Waals surface area contributed by atoms with Gasteiger partial charge in [-0.25, -0.2) is 4.98 Å². The van der Waals surface area contributed by atoms with Crippen LogP contribution in [0.4, 0.5) is 0 Å². The van der Waals surface area contributed by atoms with E-state index in [1.807, 2.05) is 6.20 Å². The molecule has 0 spiro atoms. The average Bonchev–Trinajstić information content (AvgIpc) is 2.82. The molecule has 1 saturated heterocycles. The molecular formula is C13H21N3O. The number of imidazole rings is 1. The van der Waals surface area contributed by atoms with Gasteiger partial charge < -0.3 is 15.0 Å². The maximum absolute atomic E-state index is 5.90. The van der Waals surface area contributed by atoms with Crippen LogP contribution in [0.25, 0.3) is 0 Å². The van der Waals surface area contributed by atoms with Crippen LogP contribution in [0.5, 0.6) is 0 Å². The molecule has 17 heavy (non-hydrogen) atoms. The fraction of sp³-hybridized carbons (Fsp3) is 0.769. The predicted octanol–water partition coefficient (Wildman–Crippen LogP) is 1.70. The first-order valence-electron chi connectivity index (χ1n) is 6.52. The first-order chi connectivity index (χ1) is 8.19. The number of H-pyrrole nitrogens is 1. The van der Waals surface area contributed by atoms with E-state index in [1.54, 1.807) is 6.33 Å². The maximum atomic E-state index is 5.90. The van der Waals surface area contributed by atoms with Crippen molar-refractivity contribution >= 4 is 0 Å². The summed E-state index contributed by atoms with van der Waals surface area (Å²) in [6.07, 6.45) is 6.58. The third-order valence-electron chi connectivity index (χ3n) is 4.40. The van der Waals surface area contributed by atoms with E-state index in [-0.39, 0.29) is 5.41 Å². The number of rotatable bonds is 3. The summed E-state index contributed by atoms with van der Waals surface area (Å²) in [7, 11) is 0. The Kier molecular flexibility index (Phi) is 2.71. The van der Waals surface area contributed by atoms with E-state index in [2.05, 4.69) is 29.1 Å². The van der Waals surface area contributed by atoms with Crippen LogP contribution in [0.3, 0.4) is 0 Å². The smallest absolute Gasteiger partial charge is 0.0922 e. The van der Waals surface area contributed by atoms with Crippen molar-refractivity contribution in [2.75, 3.05) is 6.61 Å².